The largest absolute Gasteiger partial charge is 0.497 e. The van der Waals surface area contributed by atoms with Gasteiger partial charge in [-0.25, -0.2) is 4.39 Å². The number of hydrogen-bond acceptors (Lipinski definition) is 3. The molecular formula is C16H15FO3. The molecule has 0 aliphatic carbocycles. The zero-order chi connectivity index (χ0) is 14.7. The van der Waals surface area contributed by atoms with Crippen molar-refractivity contribution in [1.82, 2.24) is 0 Å². The molecule has 0 aliphatic rings. The molecule has 0 spiro atoms. The smallest absolute Gasteiger partial charge is 0.193 e. The molecule has 0 aromatic heterocycles. The van der Waals surface area contributed by atoms with Crippen LogP contribution in [0.4, 0.5) is 4.39 Å². The van der Waals surface area contributed by atoms with Gasteiger partial charge in [0.25, 0.3) is 0 Å². The van der Waals surface area contributed by atoms with Crippen LogP contribution >= 0.6 is 0 Å². The lowest BCUT2D eigenvalue weighted by Gasteiger charge is -2.08. The van der Waals surface area contributed by atoms with Crippen LogP contribution in [0.1, 0.15) is 21.5 Å². The summed E-state index contributed by atoms with van der Waals surface area (Å²) in [6.45, 7) is 1.74. The fourth-order valence-corrected chi connectivity index (χ4v) is 1.97. The Kier molecular flexibility index (Phi) is 4.03. The van der Waals surface area contributed by atoms with Crippen molar-refractivity contribution in [3.8, 4) is 11.5 Å². The summed E-state index contributed by atoms with van der Waals surface area (Å²) in [5.74, 6) is 0.328. The van der Waals surface area contributed by atoms with Crippen LogP contribution in [-0.4, -0.2) is 20.0 Å². The van der Waals surface area contributed by atoms with E-state index in [2.05, 4.69) is 0 Å². The summed E-state index contributed by atoms with van der Waals surface area (Å²) in [7, 11) is 3.02. The van der Waals surface area contributed by atoms with Crippen LogP contribution in [0, 0.1) is 12.7 Å². The van der Waals surface area contributed by atoms with E-state index in [1.165, 1.54) is 26.4 Å². The lowest BCUT2D eigenvalue weighted by Crippen LogP contribution is -2.03. The average molecular weight is 274 g/mol. The first-order valence-electron chi connectivity index (χ1n) is 6.08. The fourth-order valence-electron chi connectivity index (χ4n) is 1.97. The van der Waals surface area contributed by atoms with Crippen LogP contribution in [-0.2, 0) is 0 Å². The van der Waals surface area contributed by atoms with E-state index >= 15 is 0 Å². The van der Waals surface area contributed by atoms with Gasteiger partial charge in [0.15, 0.2) is 5.78 Å². The second-order valence-electron chi connectivity index (χ2n) is 4.45. The molecule has 0 aliphatic heterocycles. The van der Waals surface area contributed by atoms with E-state index < -0.39 is 5.82 Å². The van der Waals surface area contributed by atoms with Gasteiger partial charge in [-0.2, -0.15) is 0 Å². The maximum atomic E-state index is 13.4. The summed E-state index contributed by atoms with van der Waals surface area (Å²) >= 11 is 0. The summed E-state index contributed by atoms with van der Waals surface area (Å²) in [5, 5.41) is 0. The molecule has 0 unspecified atom stereocenters. The number of carbonyl (C=O) groups is 1. The molecule has 0 N–H and O–H groups in total. The Balaban J connectivity index is 2.47. The van der Waals surface area contributed by atoms with Gasteiger partial charge in [0, 0.05) is 17.2 Å². The zero-order valence-electron chi connectivity index (χ0n) is 11.6. The predicted molar refractivity (Wildman–Crippen MR) is 74.1 cm³/mol. The molecule has 0 saturated carbocycles. The quantitative estimate of drug-likeness (QED) is 0.802. The molecule has 0 saturated heterocycles. The van der Waals surface area contributed by atoms with E-state index in [4.69, 9.17) is 9.47 Å². The van der Waals surface area contributed by atoms with Gasteiger partial charge in [-0.3, -0.25) is 4.79 Å². The van der Waals surface area contributed by atoms with E-state index in [0.717, 1.165) is 0 Å². The molecule has 2 aromatic carbocycles. The van der Waals surface area contributed by atoms with E-state index in [9.17, 15) is 9.18 Å². The second-order valence-corrected chi connectivity index (χ2v) is 4.45. The number of benzene rings is 2. The monoisotopic (exact) mass is 274 g/mol. The molecule has 20 heavy (non-hydrogen) atoms. The highest BCUT2D eigenvalue weighted by Crippen LogP contribution is 2.24. The van der Waals surface area contributed by atoms with Crippen LogP contribution in [0.5, 0.6) is 11.5 Å². The Morgan fingerprint density at radius 2 is 1.45 bits per heavy atom. The molecule has 2 rings (SSSR count). The van der Waals surface area contributed by atoms with Crippen molar-refractivity contribution in [3.05, 3.63) is 58.9 Å². The molecule has 3 nitrogen and oxygen atoms in total. The maximum absolute atomic E-state index is 13.4. The van der Waals surface area contributed by atoms with Crippen molar-refractivity contribution in [3.63, 3.8) is 0 Å². The number of aryl methyl sites for hydroxylation is 1. The van der Waals surface area contributed by atoms with Gasteiger partial charge in [0.2, 0.25) is 0 Å². The highest BCUT2D eigenvalue weighted by molar-refractivity contribution is 6.09. The molecule has 0 amide bonds. The zero-order valence-corrected chi connectivity index (χ0v) is 11.6. The second kappa shape index (κ2) is 5.74. The van der Waals surface area contributed by atoms with Crippen molar-refractivity contribution in [1.29, 1.82) is 0 Å². The van der Waals surface area contributed by atoms with E-state index in [0.29, 0.717) is 28.2 Å². The fraction of sp³-hybridized carbons (Fsp3) is 0.188. The van der Waals surface area contributed by atoms with E-state index in [1.54, 1.807) is 31.2 Å². The number of carbonyl (C=O) groups excluding carboxylic acids is 1. The molecule has 4 heteroatoms. The SMILES string of the molecule is COc1cc(OC)cc(C(=O)c2cc(C)cc(F)c2)c1. The van der Waals surface area contributed by atoms with Crippen LogP contribution in [0.3, 0.4) is 0 Å². The Morgan fingerprint density at radius 1 is 0.900 bits per heavy atom. The first-order chi connectivity index (χ1) is 9.53. The van der Waals surface area contributed by atoms with Gasteiger partial charge < -0.3 is 9.47 Å². The Hall–Kier alpha value is -2.36. The Morgan fingerprint density at radius 3 is 1.95 bits per heavy atom. The van der Waals surface area contributed by atoms with Gasteiger partial charge in [-0.15, -0.1) is 0 Å². The summed E-state index contributed by atoms with van der Waals surface area (Å²) in [6.07, 6.45) is 0. The Bertz CT molecular complexity index is 608. The lowest BCUT2D eigenvalue weighted by molar-refractivity contribution is 0.103. The van der Waals surface area contributed by atoms with Crippen LogP contribution in [0.2, 0.25) is 0 Å². The summed E-state index contributed by atoms with van der Waals surface area (Å²) in [5.41, 5.74) is 1.40. The van der Waals surface area contributed by atoms with Crippen molar-refractivity contribution < 1.29 is 18.7 Å². The third kappa shape index (κ3) is 2.96. The summed E-state index contributed by atoms with van der Waals surface area (Å²) in [4.78, 5) is 12.4. The normalized spacial score (nSPS) is 10.2. The molecule has 104 valence electrons. The summed E-state index contributed by atoms with van der Waals surface area (Å²) < 4.78 is 23.6. The van der Waals surface area contributed by atoms with Crippen molar-refractivity contribution >= 4 is 5.78 Å². The van der Waals surface area contributed by atoms with E-state index in [1.807, 2.05) is 0 Å². The molecule has 0 fully saturated rings. The lowest BCUT2D eigenvalue weighted by atomic mass is 10.0. The third-order valence-corrected chi connectivity index (χ3v) is 2.92. The molecule has 0 heterocycles. The molecule has 0 radical (unpaired) electrons. The molecule has 0 bridgehead atoms. The highest BCUT2D eigenvalue weighted by Gasteiger charge is 2.13. The number of rotatable bonds is 4. The minimum absolute atomic E-state index is 0.273. The van der Waals surface area contributed by atoms with Gasteiger partial charge in [-0.05, 0) is 42.8 Å². The number of ketones is 1. The molecule has 2 aromatic rings. The van der Waals surface area contributed by atoms with Gasteiger partial charge >= 0.3 is 0 Å². The highest BCUT2D eigenvalue weighted by atomic mass is 19.1. The minimum atomic E-state index is -0.428. The topological polar surface area (TPSA) is 35.5 Å². The van der Waals surface area contributed by atoms with Crippen LogP contribution in [0.25, 0.3) is 0 Å². The number of halogens is 1. The van der Waals surface area contributed by atoms with Crippen molar-refractivity contribution in [2.24, 2.45) is 0 Å². The average Bonchev–Trinajstić information content (AvgIpc) is 2.44. The molecule has 0 atom stereocenters. The van der Waals surface area contributed by atoms with Crippen molar-refractivity contribution in [2.75, 3.05) is 14.2 Å². The molecular weight excluding hydrogens is 259 g/mol. The minimum Gasteiger partial charge on any atom is -0.497 e. The first-order valence-corrected chi connectivity index (χ1v) is 6.08. The van der Waals surface area contributed by atoms with Gasteiger partial charge in [0.1, 0.15) is 17.3 Å². The van der Waals surface area contributed by atoms with E-state index in [-0.39, 0.29) is 5.78 Å². The first kappa shape index (κ1) is 14.1. The number of hydrogen-bond donors (Lipinski definition) is 0. The predicted octanol–water partition coefficient (Wildman–Crippen LogP) is 3.38. The van der Waals surface area contributed by atoms with Crippen molar-refractivity contribution in [2.45, 2.75) is 6.92 Å². The summed E-state index contributed by atoms with van der Waals surface area (Å²) in [6, 6.07) is 9.13. The number of ether oxygens (including phenoxy) is 2. The van der Waals surface area contributed by atoms with Gasteiger partial charge in [-0.1, -0.05) is 0 Å². The maximum Gasteiger partial charge on any atom is 0.193 e. The standard InChI is InChI=1S/C16H15FO3/c1-10-4-11(6-13(17)5-10)16(18)12-7-14(19-2)9-15(8-12)20-3/h4-9H,1-3H3. The Labute approximate surface area is 117 Å². The van der Waals surface area contributed by atoms with Crippen LogP contribution < -0.4 is 9.47 Å². The van der Waals surface area contributed by atoms with Gasteiger partial charge in [0.05, 0.1) is 14.2 Å². The number of methoxy groups -OCH3 is 2. The third-order valence-electron chi connectivity index (χ3n) is 2.92. The van der Waals surface area contributed by atoms with Crippen LogP contribution in [0.15, 0.2) is 36.4 Å².